The van der Waals surface area contributed by atoms with Crippen LogP contribution in [0.4, 0.5) is 18.4 Å². The Balaban J connectivity index is 1.53. The van der Waals surface area contributed by atoms with E-state index in [1.165, 1.54) is 4.90 Å². The van der Waals surface area contributed by atoms with Crippen LogP contribution in [0, 0.1) is 11.8 Å². The van der Waals surface area contributed by atoms with Crippen LogP contribution in [0.5, 0.6) is 0 Å². The second kappa shape index (κ2) is 11.2. The lowest BCUT2D eigenvalue weighted by atomic mass is 9.81. The van der Waals surface area contributed by atoms with Gasteiger partial charge in [0, 0.05) is 24.8 Å². The minimum absolute atomic E-state index is 0.232. The maximum atomic E-state index is 13.9. The number of fused-ring (bicyclic) bond motifs is 1. The van der Waals surface area contributed by atoms with E-state index in [0.29, 0.717) is 24.2 Å². The van der Waals surface area contributed by atoms with E-state index in [1.54, 1.807) is 58.5 Å². The third kappa shape index (κ3) is 7.71. The number of imide groups is 1. The van der Waals surface area contributed by atoms with Gasteiger partial charge in [-0.05, 0) is 91.7 Å². The fourth-order valence-corrected chi connectivity index (χ4v) is 5.53. The van der Waals surface area contributed by atoms with Crippen molar-refractivity contribution in [3.05, 3.63) is 29.7 Å². The van der Waals surface area contributed by atoms with Gasteiger partial charge >= 0.3 is 12.2 Å². The average Bonchev–Trinajstić information content (AvgIpc) is 3.35. The van der Waals surface area contributed by atoms with Crippen LogP contribution in [0.2, 0.25) is 0 Å². The van der Waals surface area contributed by atoms with E-state index in [-0.39, 0.29) is 43.6 Å². The number of carbonyl (C=O) groups excluding carboxylic acids is 3. The molecule has 3 atom stereocenters. The Kier molecular flexibility index (Phi) is 8.35. The van der Waals surface area contributed by atoms with Gasteiger partial charge in [0.1, 0.15) is 11.2 Å². The predicted octanol–water partition coefficient (Wildman–Crippen LogP) is 5.84. The summed E-state index contributed by atoms with van der Waals surface area (Å²) in [5.74, 6) is -3.66. The second-order valence-corrected chi connectivity index (χ2v) is 13.3. The zero-order valence-electron chi connectivity index (χ0n) is 24.9. The van der Waals surface area contributed by atoms with Crippen LogP contribution in [-0.2, 0) is 20.7 Å². The summed E-state index contributed by atoms with van der Waals surface area (Å²) >= 11 is 0. The smallest absolute Gasteiger partial charge is 0.417 e. The Hall–Kier alpha value is -3.31. The van der Waals surface area contributed by atoms with E-state index in [4.69, 9.17) is 14.5 Å². The molecule has 2 aromatic rings. The average molecular weight is 578 g/mol. The number of nitrogens with zero attached hydrogens (tertiary/aromatic N) is 4. The topological polar surface area (TPSA) is 115 Å². The van der Waals surface area contributed by atoms with E-state index >= 15 is 0 Å². The molecule has 0 bridgehead atoms. The summed E-state index contributed by atoms with van der Waals surface area (Å²) < 4.78 is 40.2. The van der Waals surface area contributed by atoms with Crippen molar-refractivity contribution in [1.82, 2.24) is 24.8 Å². The quantitative estimate of drug-likeness (QED) is 0.475. The molecule has 226 valence electrons. The van der Waals surface area contributed by atoms with Crippen molar-refractivity contribution in [1.29, 1.82) is 0 Å². The summed E-state index contributed by atoms with van der Waals surface area (Å²) in [6.45, 7) is 12.3. The normalized spacial score (nSPS) is 22.6. The van der Waals surface area contributed by atoms with Gasteiger partial charge in [0.25, 0.3) is 0 Å². The number of amides is 3. The van der Waals surface area contributed by atoms with Gasteiger partial charge in [-0.2, -0.15) is 5.10 Å². The number of ether oxygens (including phenoxy) is 2. The molecule has 41 heavy (non-hydrogen) atoms. The fourth-order valence-electron chi connectivity index (χ4n) is 5.53. The van der Waals surface area contributed by atoms with Crippen molar-refractivity contribution in [2.75, 3.05) is 0 Å². The lowest BCUT2D eigenvalue weighted by Crippen LogP contribution is -2.41. The Morgan fingerprint density at radius 2 is 1.76 bits per heavy atom. The predicted molar refractivity (Wildman–Crippen MR) is 146 cm³/mol. The molecule has 1 aliphatic heterocycles. The van der Waals surface area contributed by atoms with Crippen LogP contribution >= 0.6 is 0 Å². The molecule has 0 radical (unpaired) electrons. The monoisotopic (exact) mass is 577 g/mol. The minimum Gasteiger partial charge on any atom is -0.444 e. The van der Waals surface area contributed by atoms with E-state index in [2.05, 4.69) is 10.4 Å². The number of aromatic nitrogens is 3. The maximum absolute atomic E-state index is 13.9. The standard InChI is InChI=1S/C29H41F2N5O5/c1-17-12-20(24(37)36(17)26(39)41-28(5,6)7)13-18-14-22-33-21(16-35(22)32-15-18)23(34-25(38)40-27(2,3)4)19-8-10-29(30,31)11-9-19/h14-17,19-20,23H,8-13H2,1-7H3,(H,34,38)/t17?,20?,23-/m0/s1. The molecule has 3 heterocycles. The van der Waals surface area contributed by atoms with Crippen LogP contribution in [-0.4, -0.2) is 60.8 Å². The number of rotatable bonds is 5. The summed E-state index contributed by atoms with van der Waals surface area (Å²) in [6.07, 6.45) is 2.85. The SMILES string of the molecule is CC1CC(Cc2cnn3cc([C@@H](NC(=O)OC(C)(C)C)C4CCC(F)(F)CC4)nc3c2)C(=O)N1C(=O)OC(C)(C)C. The maximum Gasteiger partial charge on any atom is 0.417 e. The molecule has 1 aliphatic carbocycles. The molecule has 2 unspecified atom stereocenters. The molecule has 2 aliphatic rings. The van der Waals surface area contributed by atoms with Gasteiger partial charge < -0.3 is 14.8 Å². The first kappa shape index (κ1) is 30.6. The number of hydrogen-bond donors (Lipinski definition) is 1. The molecule has 2 aromatic heterocycles. The van der Waals surface area contributed by atoms with Gasteiger partial charge in [-0.1, -0.05) is 0 Å². The summed E-state index contributed by atoms with van der Waals surface area (Å²) in [5, 5.41) is 7.31. The first-order valence-electron chi connectivity index (χ1n) is 14.2. The lowest BCUT2D eigenvalue weighted by molar-refractivity contribution is -0.131. The molecular formula is C29H41F2N5O5. The molecule has 1 saturated carbocycles. The Morgan fingerprint density at radius 3 is 2.37 bits per heavy atom. The molecule has 1 saturated heterocycles. The highest BCUT2D eigenvalue weighted by Gasteiger charge is 2.43. The fraction of sp³-hybridized carbons (Fsp3) is 0.690. The van der Waals surface area contributed by atoms with Crippen LogP contribution in [0.1, 0.15) is 97.9 Å². The van der Waals surface area contributed by atoms with Gasteiger partial charge in [0.2, 0.25) is 11.8 Å². The van der Waals surface area contributed by atoms with Crippen LogP contribution in [0.15, 0.2) is 18.5 Å². The molecular weight excluding hydrogens is 536 g/mol. The zero-order valence-corrected chi connectivity index (χ0v) is 24.9. The highest BCUT2D eigenvalue weighted by Crippen LogP contribution is 2.41. The third-order valence-corrected chi connectivity index (χ3v) is 7.34. The number of halogens is 2. The van der Waals surface area contributed by atoms with Crippen molar-refractivity contribution in [2.24, 2.45) is 11.8 Å². The Morgan fingerprint density at radius 1 is 1.12 bits per heavy atom. The van der Waals surface area contributed by atoms with Crippen molar-refractivity contribution in [3.8, 4) is 0 Å². The van der Waals surface area contributed by atoms with E-state index in [1.807, 2.05) is 13.0 Å². The summed E-state index contributed by atoms with van der Waals surface area (Å²) in [5.41, 5.74) is 0.324. The molecule has 10 nitrogen and oxygen atoms in total. The summed E-state index contributed by atoms with van der Waals surface area (Å²) in [6, 6.07) is 0.884. The number of carbonyl (C=O) groups is 3. The molecule has 3 amide bonds. The van der Waals surface area contributed by atoms with Crippen molar-refractivity contribution >= 4 is 23.7 Å². The van der Waals surface area contributed by atoms with E-state index < -0.39 is 41.3 Å². The van der Waals surface area contributed by atoms with E-state index in [0.717, 1.165) is 5.56 Å². The van der Waals surface area contributed by atoms with Gasteiger partial charge in [-0.3, -0.25) is 4.79 Å². The van der Waals surface area contributed by atoms with Crippen LogP contribution in [0.3, 0.4) is 0 Å². The largest absolute Gasteiger partial charge is 0.444 e. The van der Waals surface area contributed by atoms with Gasteiger partial charge in [0.15, 0.2) is 5.65 Å². The van der Waals surface area contributed by atoms with Crippen molar-refractivity contribution < 1.29 is 32.6 Å². The second-order valence-electron chi connectivity index (χ2n) is 13.3. The van der Waals surface area contributed by atoms with Gasteiger partial charge in [-0.25, -0.2) is 32.8 Å². The number of nitrogens with one attached hydrogen (secondary N) is 1. The molecule has 12 heteroatoms. The molecule has 2 fully saturated rings. The Labute approximate surface area is 239 Å². The van der Waals surface area contributed by atoms with Gasteiger partial charge in [0.05, 0.1) is 24.1 Å². The number of alkyl halides is 2. The molecule has 4 rings (SSSR count). The lowest BCUT2D eigenvalue weighted by Gasteiger charge is -2.33. The summed E-state index contributed by atoms with van der Waals surface area (Å²) in [4.78, 5) is 44.3. The number of likely N-dealkylation sites (tertiary alicyclic amines) is 1. The van der Waals surface area contributed by atoms with Crippen LogP contribution < -0.4 is 5.32 Å². The zero-order chi connectivity index (χ0) is 30.3. The number of alkyl carbamates (subject to hydrolysis) is 1. The highest BCUT2D eigenvalue weighted by atomic mass is 19.3. The first-order valence-corrected chi connectivity index (χ1v) is 14.2. The number of imidazole rings is 1. The minimum atomic E-state index is -2.71. The highest BCUT2D eigenvalue weighted by molar-refractivity contribution is 5.95. The molecule has 0 spiro atoms. The number of hydrogen-bond acceptors (Lipinski definition) is 7. The third-order valence-electron chi connectivity index (χ3n) is 7.34. The first-order chi connectivity index (χ1) is 18.9. The Bertz CT molecular complexity index is 1290. The van der Waals surface area contributed by atoms with E-state index in [9.17, 15) is 23.2 Å². The van der Waals surface area contributed by atoms with Gasteiger partial charge in [-0.15, -0.1) is 0 Å². The van der Waals surface area contributed by atoms with Crippen LogP contribution in [0.25, 0.3) is 5.65 Å². The van der Waals surface area contributed by atoms with Crippen molar-refractivity contribution in [3.63, 3.8) is 0 Å². The molecule has 0 aromatic carbocycles. The van der Waals surface area contributed by atoms with Crippen molar-refractivity contribution in [2.45, 2.75) is 116 Å². The summed E-state index contributed by atoms with van der Waals surface area (Å²) in [7, 11) is 0. The molecule has 1 N–H and O–H groups in total.